The van der Waals surface area contributed by atoms with Crippen molar-refractivity contribution in [1.82, 2.24) is 0 Å². The zero-order valence-electron chi connectivity index (χ0n) is 8.19. The zero-order valence-corrected chi connectivity index (χ0v) is 9.09. The molecule has 2 unspecified atom stereocenters. The molecule has 1 aliphatic carbocycles. The molecule has 2 atom stereocenters. The molecule has 13 heavy (non-hydrogen) atoms. The molecule has 1 N–H and O–H groups in total. The van der Waals surface area contributed by atoms with Crippen LogP contribution in [0.1, 0.15) is 26.7 Å². The Morgan fingerprint density at radius 1 is 1.69 bits per heavy atom. The second-order valence-electron chi connectivity index (χ2n) is 3.20. The van der Waals surface area contributed by atoms with Gasteiger partial charge in [0.15, 0.2) is 0 Å². The minimum Gasteiger partial charge on any atom is -0.392 e. The molecule has 0 amide bonds. The average molecular weight is 204 g/mol. The van der Waals surface area contributed by atoms with Gasteiger partial charge in [0.05, 0.1) is 12.7 Å². The van der Waals surface area contributed by atoms with Crippen LogP contribution < -0.4 is 0 Å². The summed E-state index contributed by atoms with van der Waals surface area (Å²) in [5.41, 5.74) is 0. The highest BCUT2D eigenvalue weighted by molar-refractivity contribution is 7.63. The molecule has 0 aliphatic heterocycles. The van der Waals surface area contributed by atoms with Gasteiger partial charge in [-0.3, -0.25) is 4.57 Å². The normalized spacial score (nSPS) is 27.0. The van der Waals surface area contributed by atoms with E-state index in [1.807, 2.05) is 19.9 Å². The first-order valence-corrected chi connectivity index (χ1v) is 6.54. The Morgan fingerprint density at radius 3 is 2.77 bits per heavy atom. The number of aliphatic hydroxyl groups excluding tert-OH is 1. The second-order valence-corrected chi connectivity index (χ2v) is 6.01. The van der Waals surface area contributed by atoms with E-state index in [4.69, 9.17) is 4.52 Å². The van der Waals surface area contributed by atoms with Crippen molar-refractivity contribution in [2.45, 2.75) is 32.8 Å². The highest BCUT2D eigenvalue weighted by Crippen LogP contribution is 2.57. The molecule has 0 aromatic carbocycles. The predicted octanol–water partition coefficient (Wildman–Crippen LogP) is 2.36. The van der Waals surface area contributed by atoms with Crippen LogP contribution >= 0.6 is 7.37 Å². The van der Waals surface area contributed by atoms with Crippen molar-refractivity contribution in [1.29, 1.82) is 0 Å². The second kappa shape index (κ2) is 4.41. The Morgan fingerprint density at radius 2 is 2.38 bits per heavy atom. The summed E-state index contributed by atoms with van der Waals surface area (Å²) in [5, 5.41) is 10.1. The molecule has 0 saturated carbocycles. The minimum absolute atomic E-state index is 0.352. The molecule has 0 heterocycles. The summed E-state index contributed by atoms with van der Waals surface area (Å²) in [5.74, 6) is 0. The van der Waals surface area contributed by atoms with E-state index in [0.29, 0.717) is 25.6 Å². The van der Waals surface area contributed by atoms with Crippen LogP contribution in [0.2, 0.25) is 0 Å². The van der Waals surface area contributed by atoms with Crippen LogP contribution in [0.3, 0.4) is 0 Å². The minimum atomic E-state index is -2.58. The van der Waals surface area contributed by atoms with Gasteiger partial charge in [-0.05, 0) is 13.3 Å². The lowest BCUT2D eigenvalue weighted by atomic mass is 10.3. The molecule has 3 nitrogen and oxygen atoms in total. The highest BCUT2D eigenvalue weighted by atomic mass is 31.2. The van der Waals surface area contributed by atoms with Crippen molar-refractivity contribution in [2.75, 3.05) is 12.8 Å². The van der Waals surface area contributed by atoms with E-state index in [2.05, 4.69) is 0 Å². The zero-order chi connectivity index (χ0) is 9.90. The molecule has 0 radical (unpaired) electrons. The fraction of sp³-hybridized carbons (Fsp3) is 0.778. The Kier molecular flexibility index (Phi) is 3.72. The first kappa shape index (κ1) is 11.0. The monoisotopic (exact) mass is 204 g/mol. The molecule has 1 rings (SSSR count). The van der Waals surface area contributed by atoms with Gasteiger partial charge >= 0.3 is 0 Å². The maximum absolute atomic E-state index is 12.1. The van der Waals surface area contributed by atoms with Crippen LogP contribution in [-0.4, -0.2) is 24.0 Å². The molecule has 0 spiro atoms. The lowest BCUT2D eigenvalue weighted by Gasteiger charge is -2.17. The van der Waals surface area contributed by atoms with Crippen LogP contribution in [0.4, 0.5) is 0 Å². The van der Waals surface area contributed by atoms with Crippen molar-refractivity contribution in [3.63, 3.8) is 0 Å². The van der Waals surface area contributed by atoms with Gasteiger partial charge in [0.2, 0.25) is 7.37 Å². The van der Waals surface area contributed by atoms with Gasteiger partial charge < -0.3 is 9.63 Å². The van der Waals surface area contributed by atoms with E-state index in [9.17, 15) is 9.67 Å². The topological polar surface area (TPSA) is 46.5 Å². The lowest BCUT2D eigenvalue weighted by Crippen LogP contribution is -2.01. The largest absolute Gasteiger partial charge is 0.392 e. The maximum Gasteiger partial charge on any atom is 0.227 e. The van der Waals surface area contributed by atoms with Crippen LogP contribution in [0.15, 0.2) is 11.4 Å². The fourth-order valence-corrected chi connectivity index (χ4v) is 3.59. The average Bonchev–Trinajstić information content (AvgIpc) is 2.52. The summed E-state index contributed by atoms with van der Waals surface area (Å²) in [7, 11) is -2.58. The number of rotatable bonds is 4. The first-order chi connectivity index (χ1) is 6.12. The van der Waals surface area contributed by atoms with Crippen LogP contribution in [0.5, 0.6) is 0 Å². The quantitative estimate of drug-likeness (QED) is 0.715. The van der Waals surface area contributed by atoms with Gasteiger partial charge in [-0.15, -0.1) is 0 Å². The van der Waals surface area contributed by atoms with E-state index in [1.165, 1.54) is 0 Å². The summed E-state index contributed by atoms with van der Waals surface area (Å²) in [6.07, 6.45) is 3.18. The molecule has 1 aliphatic rings. The van der Waals surface area contributed by atoms with Crippen molar-refractivity contribution in [3.8, 4) is 0 Å². The van der Waals surface area contributed by atoms with Gasteiger partial charge in [-0.2, -0.15) is 0 Å². The van der Waals surface area contributed by atoms with Crippen LogP contribution in [0, 0.1) is 0 Å². The number of hydrogen-bond donors (Lipinski definition) is 1. The Bertz CT molecular complexity index is 247. The van der Waals surface area contributed by atoms with E-state index in [-0.39, 0.29) is 6.10 Å². The van der Waals surface area contributed by atoms with Gasteiger partial charge in [0.1, 0.15) is 0 Å². The van der Waals surface area contributed by atoms with Crippen LogP contribution in [0.25, 0.3) is 0 Å². The Hall–Kier alpha value is -0.110. The standard InChI is InChI=1S/C9H17O3P/c1-3-12-13(11,4-2)9-6-5-8(10)7-9/h6,8,10H,3-5,7H2,1-2H3. The van der Waals surface area contributed by atoms with Crippen molar-refractivity contribution in [3.05, 3.63) is 11.4 Å². The fourth-order valence-electron chi connectivity index (χ4n) is 1.54. The van der Waals surface area contributed by atoms with E-state index < -0.39 is 7.37 Å². The molecule has 4 heteroatoms. The predicted molar refractivity (Wildman–Crippen MR) is 53.1 cm³/mol. The van der Waals surface area contributed by atoms with E-state index in [1.54, 1.807) is 0 Å². The third-order valence-corrected chi connectivity index (χ3v) is 5.01. The van der Waals surface area contributed by atoms with Gasteiger partial charge in [-0.25, -0.2) is 0 Å². The van der Waals surface area contributed by atoms with Crippen molar-refractivity contribution < 1.29 is 14.2 Å². The number of hydrogen-bond acceptors (Lipinski definition) is 3. The molecule has 0 bridgehead atoms. The molecule has 0 fully saturated rings. The molecule has 0 aromatic heterocycles. The molecule has 76 valence electrons. The van der Waals surface area contributed by atoms with Crippen molar-refractivity contribution in [2.24, 2.45) is 0 Å². The molecular weight excluding hydrogens is 187 g/mol. The summed E-state index contributed by atoms with van der Waals surface area (Å²) in [4.78, 5) is 0. The van der Waals surface area contributed by atoms with Crippen LogP contribution in [-0.2, 0) is 9.09 Å². The summed E-state index contributed by atoms with van der Waals surface area (Å²) in [6, 6.07) is 0. The van der Waals surface area contributed by atoms with E-state index >= 15 is 0 Å². The molecule has 0 saturated heterocycles. The SMILES string of the molecule is CCOP(=O)(CC)C1=CCC(O)C1. The highest BCUT2D eigenvalue weighted by Gasteiger charge is 2.30. The van der Waals surface area contributed by atoms with Gasteiger partial charge in [0.25, 0.3) is 0 Å². The molecule has 0 aromatic rings. The first-order valence-electron chi connectivity index (χ1n) is 4.73. The van der Waals surface area contributed by atoms with Crippen molar-refractivity contribution >= 4 is 7.37 Å². The number of aliphatic hydroxyl groups is 1. The summed E-state index contributed by atoms with van der Waals surface area (Å²) >= 11 is 0. The Labute approximate surface area is 79.2 Å². The lowest BCUT2D eigenvalue weighted by molar-refractivity contribution is 0.188. The maximum atomic E-state index is 12.1. The molecular formula is C9H17O3P. The van der Waals surface area contributed by atoms with Gasteiger partial charge in [-0.1, -0.05) is 13.0 Å². The Balaban J connectivity index is 2.72. The van der Waals surface area contributed by atoms with E-state index in [0.717, 1.165) is 5.31 Å². The summed E-state index contributed by atoms with van der Waals surface area (Å²) in [6.45, 7) is 4.18. The third kappa shape index (κ3) is 2.43. The van der Waals surface area contributed by atoms with Gasteiger partial charge in [0, 0.05) is 17.9 Å². The summed E-state index contributed by atoms with van der Waals surface area (Å²) < 4.78 is 17.4. The third-order valence-electron chi connectivity index (χ3n) is 2.26. The smallest absolute Gasteiger partial charge is 0.227 e.